The van der Waals surface area contributed by atoms with Crippen LogP contribution in [-0.2, 0) is 10.0 Å². The highest BCUT2D eigenvalue weighted by Crippen LogP contribution is 2.32. The van der Waals surface area contributed by atoms with Crippen LogP contribution >= 0.6 is 0 Å². The largest absolute Gasteiger partial charge is 0.251 e. The summed E-state index contributed by atoms with van der Waals surface area (Å²) in [6, 6.07) is 16.0. The molecule has 2 aromatic heterocycles. The second-order valence-corrected chi connectivity index (χ2v) is 6.96. The zero-order chi connectivity index (χ0) is 17.4. The van der Waals surface area contributed by atoms with Gasteiger partial charge in [-0.25, -0.2) is 23.5 Å². The van der Waals surface area contributed by atoms with Crippen LogP contribution in [0.3, 0.4) is 0 Å². The van der Waals surface area contributed by atoms with E-state index in [-0.39, 0.29) is 4.90 Å². The van der Waals surface area contributed by atoms with Gasteiger partial charge in [-0.1, -0.05) is 42.5 Å². The number of hydrogen-bond acceptors (Lipinski definition) is 5. The molecule has 4 rings (SSSR count). The van der Waals surface area contributed by atoms with Gasteiger partial charge < -0.3 is 0 Å². The van der Waals surface area contributed by atoms with Gasteiger partial charge >= 0.3 is 0 Å². The minimum atomic E-state index is -3.74. The van der Waals surface area contributed by atoms with E-state index in [1.807, 2.05) is 30.3 Å². The standard InChI is InChI=1S/C17H13N5O2S/c18-25(23,24)14-8-6-13(7-9-14)16-15(12-4-2-1-3-5-12)21-17-19-10-11-20-22(16)17/h1-11H,(H2,18,23,24). The Labute approximate surface area is 143 Å². The Balaban J connectivity index is 1.97. The maximum Gasteiger partial charge on any atom is 0.251 e. The van der Waals surface area contributed by atoms with Gasteiger partial charge in [-0.05, 0) is 12.1 Å². The first-order valence-corrected chi connectivity index (χ1v) is 8.97. The molecule has 0 aliphatic heterocycles. The highest BCUT2D eigenvalue weighted by molar-refractivity contribution is 7.89. The number of hydrogen-bond donors (Lipinski definition) is 1. The molecule has 0 spiro atoms. The average molecular weight is 351 g/mol. The van der Waals surface area contributed by atoms with Gasteiger partial charge in [-0.2, -0.15) is 9.61 Å². The van der Waals surface area contributed by atoms with E-state index in [2.05, 4.69) is 15.1 Å². The van der Waals surface area contributed by atoms with Gasteiger partial charge in [0.05, 0.1) is 17.3 Å². The minimum absolute atomic E-state index is 0.0532. The van der Waals surface area contributed by atoms with Gasteiger partial charge in [0.2, 0.25) is 10.0 Å². The van der Waals surface area contributed by atoms with Crippen LogP contribution < -0.4 is 5.14 Å². The molecule has 25 heavy (non-hydrogen) atoms. The Morgan fingerprint density at radius 3 is 2.28 bits per heavy atom. The van der Waals surface area contributed by atoms with Crippen molar-refractivity contribution < 1.29 is 8.42 Å². The summed E-state index contributed by atoms with van der Waals surface area (Å²) >= 11 is 0. The molecule has 0 aliphatic carbocycles. The molecule has 8 heteroatoms. The van der Waals surface area contributed by atoms with E-state index in [0.717, 1.165) is 22.5 Å². The molecule has 0 unspecified atom stereocenters. The fraction of sp³-hybridized carbons (Fsp3) is 0. The van der Waals surface area contributed by atoms with Crippen molar-refractivity contribution in [1.29, 1.82) is 0 Å². The molecule has 0 atom stereocenters. The first-order chi connectivity index (χ1) is 12.0. The van der Waals surface area contributed by atoms with E-state index in [1.54, 1.807) is 29.0 Å². The van der Waals surface area contributed by atoms with Crippen LogP contribution in [0.5, 0.6) is 0 Å². The summed E-state index contributed by atoms with van der Waals surface area (Å²) in [5.41, 5.74) is 3.13. The predicted octanol–water partition coefficient (Wildman–Crippen LogP) is 2.11. The van der Waals surface area contributed by atoms with Crippen LogP contribution in [0.4, 0.5) is 0 Å². The molecule has 0 bridgehead atoms. The molecule has 4 aromatic rings. The topological polar surface area (TPSA) is 103 Å². The molecule has 124 valence electrons. The molecular formula is C17H13N5O2S. The van der Waals surface area contributed by atoms with Crippen molar-refractivity contribution in [2.45, 2.75) is 4.90 Å². The lowest BCUT2D eigenvalue weighted by Crippen LogP contribution is -2.11. The molecule has 0 amide bonds. The third-order valence-corrected chi connectivity index (χ3v) is 4.71. The van der Waals surface area contributed by atoms with Gasteiger partial charge in [-0.3, -0.25) is 0 Å². The highest BCUT2D eigenvalue weighted by Gasteiger charge is 2.18. The summed E-state index contributed by atoms with van der Waals surface area (Å²) < 4.78 is 24.6. The SMILES string of the molecule is NS(=O)(=O)c1ccc(-c2c(-c3ccccc3)nc3nccnn23)cc1. The fourth-order valence-corrected chi connectivity index (χ4v) is 3.16. The van der Waals surface area contributed by atoms with Gasteiger partial charge in [0.15, 0.2) is 0 Å². The molecular weight excluding hydrogens is 338 g/mol. The number of sulfonamides is 1. The molecule has 0 aliphatic rings. The Morgan fingerprint density at radius 2 is 1.60 bits per heavy atom. The summed E-state index contributed by atoms with van der Waals surface area (Å²) in [7, 11) is -3.74. The van der Waals surface area contributed by atoms with Crippen molar-refractivity contribution in [2.24, 2.45) is 5.14 Å². The number of fused-ring (bicyclic) bond motifs is 1. The zero-order valence-corrected chi connectivity index (χ0v) is 13.8. The van der Waals surface area contributed by atoms with Crippen molar-refractivity contribution in [3.63, 3.8) is 0 Å². The van der Waals surface area contributed by atoms with Crippen molar-refractivity contribution in [1.82, 2.24) is 19.6 Å². The van der Waals surface area contributed by atoms with Crippen LogP contribution in [0.1, 0.15) is 0 Å². The highest BCUT2D eigenvalue weighted by atomic mass is 32.2. The van der Waals surface area contributed by atoms with E-state index in [1.165, 1.54) is 12.1 Å². The second kappa shape index (κ2) is 5.76. The van der Waals surface area contributed by atoms with E-state index in [9.17, 15) is 8.42 Å². The molecule has 2 heterocycles. The van der Waals surface area contributed by atoms with Crippen molar-refractivity contribution in [2.75, 3.05) is 0 Å². The fourth-order valence-electron chi connectivity index (χ4n) is 2.65. The Bertz CT molecular complexity index is 1150. The second-order valence-electron chi connectivity index (χ2n) is 5.40. The lowest BCUT2D eigenvalue weighted by Gasteiger charge is -2.06. The van der Waals surface area contributed by atoms with E-state index in [4.69, 9.17) is 5.14 Å². The predicted molar refractivity (Wildman–Crippen MR) is 93.0 cm³/mol. The lowest BCUT2D eigenvalue weighted by atomic mass is 10.1. The zero-order valence-electron chi connectivity index (χ0n) is 12.9. The Morgan fingerprint density at radius 1 is 0.880 bits per heavy atom. The number of nitrogens with two attached hydrogens (primary N) is 1. The molecule has 0 saturated heterocycles. The summed E-state index contributed by atoms with van der Waals surface area (Å²) in [5, 5.41) is 9.49. The Hall–Kier alpha value is -3.10. The molecule has 0 saturated carbocycles. The van der Waals surface area contributed by atoms with Crippen LogP contribution in [0, 0.1) is 0 Å². The van der Waals surface area contributed by atoms with Gasteiger partial charge in [0.1, 0.15) is 11.4 Å². The molecule has 0 radical (unpaired) electrons. The number of nitrogens with zero attached hydrogens (tertiary/aromatic N) is 4. The van der Waals surface area contributed by atoms with Crippen LogP contribution in [0.25, 0.3) is 28.3 Å². The van der Waals surface area contributed by atoms with Crippen molar-refractivity contribution in [3.05, 3.63) is 67.0 Å². The quantitative estimate of drug-likeness (QED) is 0.609. The summed E-state index contributed by atoms with van der Waals surface area (Å²) in [5.74, 6) is 0.465. The normalized spacial score (nSPS) is 11.7. The minimum Gasteiger partial charge on any atom is -0.225 e. The molecule has 2 N–H and O–H groups in total. The van der Waals surface area contributed by atoms with Gasteiger partial charge in [0, 0.05) is 11.1 Å². The Kier molecular flexibility index (Phi) is 3.56. The number of rotatable bonds is 3. The molecule has 0 fully saturated rings. The van der Waals surface area contributed by atoms with E-state index >= 15 is 0 Å². The van der Waals surface area contributed by atoms with Gasteiger partial charge in [-0.15, -0.1) is 0 Å². The molecule has 7 nitrogen and oxygen atoms in total. The smallest absolute Gasteiger partial charge is 0.225 e. The summed E-state index contributed by atoms with van der Waals surface area (Å²) in [6.07, 6.45) is 3.15. The van der Waals surface area contributed by atoms with E-state index < -0.39 is 10.0 Å². The monoisotopic (exact) mass is 351 g/mol. The van der Waals surface area contributed by atoms with E-state index in [0.29, 0.717) is 5.78 Å². The maximum absolute atomic E-state index is 11.5. The number of primary sulfonamides is 1. The van der Waals surface area contributed by atoms with Gasteiger partial charge in [0.25, 0.3) is 5.78 Å². The van der Waals surface area contributed by atoms with Crippen LogP contribution in [0.15, 0.2) is 71.9 Å². The van der Waals surface area contributed by atoms with Crippen LogP contribution in [0.2, 0.25) is 0 Å². The van der Waals surface area contributed by atoms with Crippen LogP contribution in [-0.4, -0.2) is 28.0 Å². The average Bonchev–Trinajstić information content (AvgIpc) is 3.01. The third kappa shape index (κ3) is 2.77. The number of imidazole rings is 1. The van der Waals surface area contributed by atoms with Crippen molar-refractivity contribution in [3.8, 4) is 22.5 Å². The number of benzene rings is 2. The lowest BCUT2D eigenvalue weighted by molar-refractivity contribution is 0.598. The summed E-state index contributed by atoms with van der Waals surface area (Å²) in [6.45, 7) is 0. The molecule has 2 aromatic carbocycles. The first kappa shape index (κ1) is 15.4. The maximum atomic E-state index is 11.5. The number of aromatic nitrogens is 4. The third-order valence-electron chi connectivity index (χ3n) is 3.78. The van der Waals surface area contributed by atoms with Crippen molar-refractivity contribution >= 4 is 15.8 Å². The first-order valence-electron chi connectivity index (χ1n) is 7.42. The summed E-state index contributed by atoms with van der Waals surface area (Å²) in [4.78, 5) is 8.87.